The van der Waals surface area contributed by atoms with E-state index >= 15 is 0 Å². The molecule has 1 aromatic carbocycles. The van der Waals surface area contributed by atoms with Crippen LogP contribution in [0.5, 0.6) is 0 Å². The second kappa shape index (κ2) is 8.98. The number of nitrogens with one attached hydrogen (secondary N) is 1. The van der Waals surface area contributed by atoms with Crippen LogP contribution in [0, 0.1) is 0 Å². The van der Waals surface area contributed by atoms with Gasteiger partial charge in [0.2, 0.25) is 5.91 Å². The Morgan fingerprint density at radius 3 is 2.85 bits per heavy atom. The third-order valence-electron chi connectivity index (χ3n) is 4.04. The number of carbonyl (C=O) groups excluding carboxylic acids is 1. The number of amides is 1. The molecule has 0 aliphatic rings. The Bertz CT molecular complexity index is 847. The summed E-state index contributed by atoms with van der Waals surface area (Å²) >= 11 is 7.92. The fourth-order valence-electron chi connectivity index (χ4n) is 2.64. The predicted molar refractivity (Wildman–Crippen MR) is 107 cm³/mol. The zero-order chi connectivity index (χ0) is 18.4. The second-order valence-corrected chi connectivity index (χ2v) is 7.34. The van der Waals surface area contributed by atoms with Gasteiger partial charge in [-0.1, -0.05) is 42.8 Å². The van der Waals surface area contributed by atoms with Crippen molar-refractivity contribution in [2.45, 2.75) is 20.0 Å². The van der Waals surface area contributed by atoms with E-state index in [9.17, 15) is 4.79 Å². The molecular weight excluding hydrogens is 368 g/mol. The summed E-state index contributed by atoms with van der Waals surface area (Å²) in [4.78, 5) is 15.8. The summed E-state index contributed by atoms with van der Waals surface area (Å²) in [6.07, 6.45) is 1.68. The van der Waals surface area contributed by atoms with Crippen molar-refractivity contribution in [1.82, 2.24) is 14.7 Å². The number of likely N-dealkylation sites (N-methyl/N-ethyl adjacent to an activating group) is 1. The highest BCUT2D eigenvalue weighted by atomic mass is 35.5. The molecule has 0 fully saturated rings. The Labute approximate surface area is 162 Å². The van der Waals surface area contributed by atoms with Crippen molar-refractivity contribution in [3.05, 3.63) is 69.5 Å². The molecule has 7 heteroatoms. The van der Waals surface area contributed by atoms with E-state index in [1.54, 1.807) is 28.3 Å². The van der Waals surface area contributed by atoms with E-state index in [1.165, 1.54) is 4.88 Å². The number of hydrogen-bond acceptors (Lipinski definition) is 4. The first kappa shape index (κ1) is 18.6. The molecule has 0 saturated heterocycles. The molecule has 1 N–H and O–H groups in total. The number of aromatic nitrogens is 2. The first-order valence-corrected chi connectivity index (χ1v) is 9.71. The van der Waals surface area contributed by atoms with Crippen LogP contribution in [0.25, 0.3) is 0 Å². The standard InChI is InChI=1S/C19H21ClN4OS/c1-2-23(13-16-7-5-11-26-16)14-19(25)22-18-9-10-21-24(18)12-15-6-3-4-8-17(15)20/h3-11H,2,12-14H2,1H3,(H,22,25). The van der Waals surface area contributed by atoms with Gasteiger partial charge in [0, 0.05) is 22.5 Å². The maximum atomic E-state index is 12.5. The number of benzene rings is 1. The third kappa shape index (κ3) is 4.94. The van der Waals surface area contributed by atoms with Crippen molar-refractivity contribution >= 4 is 34.7 Å². The summed E-state index contributed by atoms with van der Waals surface area (Å²) in [5.41, 5.74) is 0.959. The van der Waals surface area contributed by atoms with E-state index < -0.39 is 0 Å². The third-order valence-corrected chi connectivity index (χ3v) is 5.27. The largest absolute Gasteiger partial charge is 0.310 e. The van der Waals surface area contributed by atoms with Crippen molar-refractivity contribution in [1.29, 1.82) is 0 Å². The molecule has 0 bridgehead atoms. The van der Waals surface area contributed by atoms with E-state index in [1.807, 2.05) is 30.3 Å². The number of hydrogen-bond donors (Lipinski definition) is 1. The van der Waals surface area contributed by atoms with Gasteiger partial charge in [-0.2, -0.15) is 5.10 Å². The van der Waals surface area contributed by atoms with E-state index in [0.29, 0.717) is 23.9 Å². The summed E-state index contributed by atoms with van der Waals surface area (Å²) < 4.78 is 1.74. The number of nitrogens with zero attached hydrogens (tertiary/aromatic N) is 3. The Balaban J connectivity index is 1.61. The molecule has 2 aromatic heterocycles. The molecule has 0 spiro atoms. The Kier molecular flexibility index (Phi) is 6.44. The number of rotatable bonds is 8. The van der Waals surface area contributed by atoms with E-state index in [2.05, 4.69) is 33.7 Å². The minimum Gasteiger partial charge on any atom is -0.310 e. The van der Waals surface area contributed by atoms with Gasteiger partial charge in [0.1, 0.15) is 5.82 Å². The number of carbonyl (C=O) groups is 1. The molecule has 3 aromatic rings. The lowest BCUT2D eigenvalue weighted by atomic mass is 10.2. The number of anilines is 1. The fourth-order valence-corrected chi connectivity index (χ4v) is 3.58. The van der Waals surface area contributed by atoms with E-state index in [-0.39, 0.29) is 5.91 Å². The minimum atomic E-state index is -0.0516. The van der Waals surface area contributed by atoms with Crippen LogP contribution in [0.2, 0.25) is 5.02 Å². The lowest BCUT2D eigenvalue weighted by Gasteiger charge is -2.19. The Hall–Kier alpha value is -2.15. The average molecular weight is 389 g/mol. The summed E-state index contributed by atoms with van der Waals surface area (Å²) in [5.74, 6) is 0.617. The Morgan fingerprint density at radius 2 is 2.12 bits per heavy atom. The lowest BCUT2D eigenvalue weighted by Crippen LogP contribution is -2.33. The molecule has 3 rings (SSSR count). The highest BCUT2D eigenvalue weighted by Crippen LogP contribution is 2.18. The molecule has 1 amide bonds. The molecule has 0 aliphatic carbocycles. The smallest absolute Gasteiger partial charge is 0.239 e. The quantitative estimate of drug-likeness (QED) is 0.631. The lowest BCUT2D eigenvalue weighted by molar-refractivity contribution is -0.117. The number of halogens is 1. The van der Waals surface area contributed by atoms with Crippen LogP contribution in [-0.4, -0.2) is 33.7 Å². The number of thiophene rings is 1. The van der Waals surface area contributed by atoms with Gasteiger partial charge < -0.3 is 5.32 Å². The zero-order valence-corrected chi connectivity index (χ0v) is 16.1. The van der Waals surface area contributed by atoms with Gasteiger partial charge in [0.05, 0.1) is 19.3 Å². The minimum absolute atomic E-state index is 0.0516. The zero-order valence-electron chi connectivity index (χ0n) is 14.6. The highest BCUT2D eigenvalue weighted by Gasteiger charge is 2.13. The molecule has 0 aliphatic heterocycles. The Morgan fingerprint density at radius 1 is 1.27 bits per heavy atom. The second-order valence-electron chi connectivity index (χ2n) is 5.90. The van der Waals surface area contributed by atoms with Gasteiger partial charge in [-0.3, -0.25) is 9.69 Å². The summed E-state index contributed by atoms with van der Waals surface area (Å²) in [7, 11) is 0. The van der Waals surface area contributed by atoms with Crippen LogP contribution in [0.1, 0.15) is 17.4 Å². The van der Waals surface area contributed by atoms with Crippen molar-refractivity contribution < 1.29 is 4.79 Å². The monoisotopic (exact) mass is 388 g/mol. The average Bonchev–Trinajstić information content (AvgIpc) is 3.29. The molecule has 5 nitrogen and oxygen atoms in total. The highest BCUT2D eigenvalue weighted by molar-refractivity contribution is 7.09. The predicted octanol–water partition coefficient (Wildman–Crippen LogP) is 4.11. The van der Waals surface area contributed by atoms with Crippen LogP contribution >= 0.6 is 22.9 Å². The molecular formula is C19H21ClN4OS. The van der Waals surface area contributed by atoms with Crippen molar-refractivity contribution in [3.63, 3.8) is 0 Å². The van der Waals surface area contributed by atoms with Gasteiger partial charge in [-0.05, 0) is 29.6 Å². The summed E-state index contributed by atoms with van der Waals surface area (Å²) in [6, 6.07) is 13.5. The molecule has 0 unspecified atom stereocenters. The maximum absolute atomic E-state index is 12.5. The van der Waals surface area contributed by atoms with Gasteiger partial charge >= 0.3 is 0 Å². The van der Waals surface area contributed by atoms with E-state index in [4.69, 9.17) is 11.6 Å². The van der Waals surface area contributed by atoms with Crippen LogP contribution in [0.4, 0.5) is 5.82 Å². The normalized spacial score (nSPS) is 11.0. The first-order valence-electron chi connectivity index (χ1n) is 8.45. The van der Waals surface area contributed by atoms with Crippen LogP contribution in [0.15, 0.2) is 54.0 Å². The molecule has 136 valence electrons. The first-order chi connectivity index (χ1) is 12.7. The molecule has 2 heterocycles. The van der Waals surface area contributed by atoms with Crippen LogP contribution < -0.4 is 5.32 Å². The molecule has 0 saturated carbocycles. The maximum Gasteiger partial charge on any atom is 0.239 e. The van der Waals surface area contributed by atoms with Crippen molar-refractivity contribution in [2.24, 2.45) is 0 Å². The van der Waals surface area contributed by atoms with Crippen molar-refractivity contribution in [3.8, 4) is 0 Å². The van der Waals surface area contributed by atoms with Gasteiger partial charge in [0.25, 0.3) is 0 Å². The molecule has 0 radical (unpaired) electrons. The SMILES string of the molecule is CCN(CC(=O)Nc1ccnn1Cc1ccccc1Cl)Cc1cccs1. The van der Waals surface area contributed by atoms with Gasteiger partial charge in [0.15, 0.2) is 0 Å². The van der Waals surface area contributed by atoms with Crippen LogP contribution in [0.3, 0.4) is 0 Å². The van der Waals surface area contributed by atoms with Gasteiger partial charge in [-0.15, -0.1) is 11.3 Å². The summed E-state index contributed by atoms with van der Waals surface area (Å²) in [5, 5.41) is 9.99. The summed E-state index contributed by atoms with van der Waals surface area (Å²) in [6.45, 7) is 4.49. The van der Waals surface area contributed by atoms with E-state index in [0.717, 1.165) is 18.7 Å². The molecule has 0 atom stereocenters. The van der Waals surface area contributed by atoms with Crippen molar-refractivity contribution in [2.75, 3.05) is 18.4 Å². The van der Waals surface area contributed by atoms with Gasteiger partial charge in [-0.25, -0.2) is 4.68 Å². The fraction of sp³-hybridized carbons (Fsp3) is 0.263. The molecule has 26 heavy (non-hydrogen) atoms. The topological polar surface area (TPSA) is 50.2 Å². The van der Waals surface area contributed by atoms with Crippen LogP contribution in [-0.2, 0) is 17.9 Å².